The molecule has 7 heteroatoms. The molecular formula is C17H31N3O4. The molecule has 0 aromatic rings. The number of nitrogens with two attached hydrogens (primary N) is 1. The Labute approximate surface area is 144 Å². The average Bonchev–Trinajstić information content (AvgIpc) is 2.46. The van der Waals surface area contributed by atoms with Crippen LogP contribution in [0.4, 0.5) is 4.79 Å². The molecule has 2 amide bonds. The highest BCUT2D eigenvalue weighted by molar-refractivity contribution is 5.76. The van der Waals surface area contributed by atoms with Crippen molar-refractivity contribution in [1.82, 2.24) is 9.80 Å². The molecule has 0 saturated carbocycles. The molecule has 3 N–H and O–H groups in total. The molecular weight excluding hydrogens is 310 g/mol. The molecule has 2 aliphatic rings. The molecule has 2 rings (SSSR count). The molecule has 0 atom stereocenters. The van der Waals surface area contributed by atoms with E-state index in [-0.39, 0.29) is 17.9 Å². The zero-order valence-electron chi connectivity index (χ0n) is 15.1. The molecule has 24 heavy (non-hydrogen) atoms. The third-order valence-corrected chi connectivity index (χ3v) is 4.85. The number of nitrogens with zero attached hydrogens (tertiary/aromatic N) is 2. The molecule has 2 aliphatic heterocycles. The van der Waals surface area contributed by atoms with Gasteiger partial charge in [-0.05, 0) is 59.5 Å². The lowest BCUT2D eigenvalue weighted by atomic mass is 9.89. The third kappa shape index (κ3) is 5.34. The maximum Gasteiger partial charge on any atom is 0.410 e. The fraction of sp³-hybridized carbons (Fsp3) is 0.882. The number of piperidine rings is 2. The minimum absolute atomic E-state index is 0.0371. The minimum Gasteiger partial charge on any atom is -0.444 e. The van der Waals surface area contributed by atoms with Crippen molar-refractivity contribution in [3.63, 3.8) is 0 Å². The first-order valence-electron chi connectivity index (χ1n) is 8.80. The van der Waals surface area contributed by atoms with Gasteiger partial charge in [0, 0.05) is 25.6 Å². The Hall–Kier alpha value is -1.34. The van der Waals surface area contributed by atoms with Crippen LogP contribution in [0.25, 0.3) is 0 Å². The predicted molar refractivity (Wildman–Crippen MR) is 90.3 cm³/mol. The van der Waals surface area contributed by atoms with Crippen molar-refractivity contribution < 1.29 is 19.4 Å². The summed E-state index contributed by atoms with van der Waals surface area (Å²) in [7, 11) is 0. The summed E-state index contributed by atoms with van der Waals surface area (Å²) in [5.74, 6) is -0.260. The quantitative estimate of drug-likeness (QED) is 0.796. The molecule has 7 nitrogen and oxygen atoms in total. The van der Waals surface area contributed by atoms with E-state index in [4.69, 9.17) is 10.5 Å². The van der Waals surface area contributed by atoms with Crippen molar-refractivity contribution in [2.45, 2.75) is 57.7 Å². The molecule has 0 aromatic carbocycles. The fourth-order valence-electron chi connectivity index (χ4n) is 3.38. The number of carbonyl (C=O) groups is 2. The van der Waals surface area contributed by atoms with Crippen LogP contribution in [0.1, 0.15) is 46.5 Å². The molecule has 2 saturated heterocycles. The standard InChI is InChI=1S/C17H31N3O4/c1-16(2,3)24-15(22)20-10-6-17(23,7-11-20)12-19-8-4-13(5-9-19)14(18)21/h13,23H,4-12H2,1-3H3,(H2,18,21). The van der Waals surface area contributed by atoms with Crippen molar-refractivity contribution in [2.24, 2.45) is 11.7 Å². The van der Waals surface area contributed by atoms with Crippen molar-refractivity contribution in [1.29, 1.82) is 0 Å². The maximum atomic E-state index is 12.1. The minimum atomic E-state index is -0.780. The molecule has 138 valence electrons. The summed E-state index contributed by atoms with van der Waals surface area (Å²) >= 11 is 0. The summed E-state index contributed by atoms with van der Waals surface area (Å²) in [6, 6.07) is 0. The van der Waals surface area contributed by atoms with Crippen molar-refractivity contribution in [3.05, 3.63) is 0 Å². The van der Waals surface area contributed by atoms with Crippen LogP contribution >= 0.6 is 0 Å². The zero-order valence-corrected chi connectivity index (χ0v) is 15.1. The van der Waals surface area contributed by atoms with Crippen LogP contribution in [0.15, 0.2) is 0 Å². The van der Waals surface area contributed by atoms with Gasteiger partial charge >= 0.3 is 6.09 Å². The van der Waals surface area contributed by atoms with E-state index in [2.05, 4.69) is 4.90 Å². The van der Waals surface area contributed by atoms with Gasteiger partial charge in [0.25, 0.3) is 0 Å². The van der Waals surface area contributed by atoms with Gasteiger partial charge in [0.05, 0.1) is 5.60 Å². The van der Waals surface area contributed by atoms with E-state index in [0.717, 1.165) is 25.9 Å². The zero-order chi connectivity index (χ0) is 18.0. The Balaban J connectivity index is 1.78. The smallest absolute Gasteiger partial charge is 0.410 e. The summed E-state index contributed by atoms with van der Waals surface area (Å²) < 4.78 is 5.38. The summed E-state index contributed by atoms with van der Waals surface area (Å²) in [5.41, 5.74) is 4.07. The highest BCUT2D eigenvalue weighted by atomic mass is 16.6. The van der Waals surface area contributed by atoms with Gasteiger partial charge in [0.15, 0.2) is 0 Å². The second-order valence-electron chi connectivity index (χ2n) is 8.14. The summed E-state index contributed by atoms with van der Waals surface area (Å²) in [6.45, 7) is 8.70. The van der Waals surface area contributed by atoms with Gasteiger partial charge in [-0.2, -0.15) is 0 Å². The lowest BCUT2D eigenvalue weighted by Crippen LogP contribution is -2.54. The Morgan fingerprint density at radius 1 is 1.17 bits per heavy atom. The normalized spacial score (nSPS) is 23.1. The predicted octanol–water partition coefficient (Wildman–Crippen LogP) is 0.946. The third-order valence-electron chi connectivity index (χ3n) is 4.85. The van der Waals surface area contributed by atoms with Crippen molar-refractivity contribution in [2.75, 3.05) is 32.7 Å². The molecule has 0 unspecified atom stereocenters. The number of aliphatic hydroxyl groups is 1. The second-order valence-corrected chi connectivity index (χ2v) is 8.14. The first-order chi connectivity index (χ1) is 11.1. The fourth-order valence-corrected chi connectivity index (χ4v) is 3.38. The van der Waals surface area contributed by atoms with Crippen molar-refractivity contribution >= 4 is 12.0 Å². The monoisotopic (exact) mass is 341 g/mol. The van der Waals surface area contributed by atoms with E-state index in [1.807, 2.05) is 20.8 Å². The van der Waals surface area contributed by atoms with E-state index < -0.39 is 11.2 Å². The Morgan fingerprint density at radius 2 is 1.71 bits per heavy atom. The van der Waals surface area contributed by atoms with E-state index in [1.165, 1.54) is 0 Å². The van der Waals surface area contributed by atoms with Gasteiger partial charge in [0.1, 0.15) is 5.60 Å². The topological polar surface area (TPSA) is 96.1 Å². The lowest BCUT2D eigenvalue weighted by molar-refractivity contribution is -0.123. The molecule has 0 aliphatic carbocycles. The van der Waals surface area contributed by atoms with E-state index in [1.54, 1.807) is 4.90 Å². The highest BCUT2D eigenvalue weighted by Gasteiger charge is 2.37. The first-order valence-corrected chi connectivity index (χ1v) is 8.80. The number of hydrogen-bond donors (Lipinski definition) is 2. The summed E-state index contributed by atoms with van der Waals surface area (Å²) in [5, 5.41) is 10.8. The van der Waals surface area contributed by atoms with Gasteiger partial charge in [-0.1, -0.05) is 0 Å². The molecule has 0 bridgehead atoms. The Kier molecular flexibility index (Phi) is 5.75. The molecule has 2 fully saturated rings. The number of ether oxygens (including phenoxy) is 1. The Morgan fingerprint density at radius 3 is 2.17 bits per heavy atom. The van der Waals surface area contributed by atoms with Crippen LogP contribution < -0.4 is 5.73 Å². The number of likely N-dealkylation sites (tertiary alicyclic amines) is 2. The summed E-state index contributed by atoms with van der Waals surface area (Å²) in [4.78, 5) is 27.2. The number of carbonyl (C=O) groups excluding carboxylic acids is 2. The number of β-amino-alcohol motifs (C(OH)–C–C–N with tert-alkyl or cyclic N) is 1. The molecule has 0 aromatic heterocycles. The average molecular weight is 341 g/mol. The lowest BCUT2D eigenvalue weighted by Gasteiger charge is -2.42. The van der Waals surface area contributed by atoms with Crippen LogP contribution in [-0.4, -0.2) is 70.8 Å². The van der Waals surface area contributed by atoms with Gasteiger partial charge in [-0.15, -0.1) is 0 Å². The van der Waals surface area contributed by atoms with E-state index >= 15 is 0 Å². The molecule has 0 spiro atoms. The van der Waals surface area contributed by atoms with Gasteiger partial charge in [0.2, 0.25) is 5.91 Å². The molecule has 0 radical (unpaired) electrons. The van der Waals surface area contributed by atoms with Crippen LogP contribution in [0.5, 0.6) is 0 Å². The maximum absolute atomic E-state index is 12.1. The summed E-state index contributed by atoms with van der Waals surface area (Å²) in [6.07, 6.45) is 2.29. The Bertz CT molecular complexity index is 459. The van der Waals surface area contributed by atoms with Crippen LogP contribution in [0, 0.1) is 5.92 Å². The first kappa shape index (κ1) is 19.0. The van der Waals surface area contributed by atoms with Crippen LogP contribution in [0.3, 0.4) is 0 Å². The number of primary amides is 1. The van der Waals surface area contributed by atoms with E-state index in [9.17, 15) is 14.7 Å². The molecule has 2 heterocycles. The van der Waals surface area contributed by atoms with Crippen molar-refractivity contribution in [3.8, 4) is 0 Å². The van der Waals surface area contributed by atoms with Gasteiger partial charge < -0.3 is 25.4 Å². The van der Waals surface area contributed by atoms with Crippen LogP contribution in [0.2, 0.25) is 0 Å². The number of hydrogen-bond acceptors (Lipinski definition) is 5. The number of rotatable bonds is 3. The second kappa shape index (κ2) is 7.27. The SMILES string of the molecule is CC(C)(C)OC(=O)N1CCC(O)(CN2CCC(C(N)=O)CC2)CC1. The van der Waals surface area contributed by atoms with Gasteiger partial charge in [-0.25, -0.2) is 4.79 Å². The highest BCUT2D eigenvalue weighted by Crippen LogP contribution is 2.27. The van der Waals surface area contributed by atoms with E-state index in [0.29, 0.717) is 32.5 Å². The van der Waals surface area contributed by atoms with Crippen LogP contribution in [-0.2, 0) is 9.53 Å². The van der Waals surface area contributed by atoms with Gasteiger partial charge in [-0.3, -0.25) is 4.79 Å². The number of amides is 2. The largest absolute Gasteiger partial charge is 0.444 e.